The molecule has 0 fully saturated rings. The van der Waals surface area contributed by atoms with Gasteiger partial charge in [0.25, 0.3) is 5.69 Å². The molecule has 1 aromatic carbocycles. The smallest absolute Gasteiger partial charge is 0.269 e. The number of hydrogen-bond donors (Lipinski definition) is 0. The van der Waals surface area contributed by atoms with Gasteiger partial charge in [0.05, 0.1) is 14.7 Å². The van der Waals surface area contributed by atoms with Crippen molar-refractivity contribution in [1.82, 2.24) is 0 Å². The van der Waals surface area contributed by atoms with Crippen molar-refractivity contribution in [2.45, 2.75) is 18.7 Å². The van der Waals surface area contributed by atoms with Gasteiger partial charge in [0.15, 0.2) is 16.2 Å². The minimum Gasteiger partial charge on any atom is -0.303 e. The van der Waals surface area contributed by atoms with Gasteiger partial charge in [-0.3, -0.25) is 10.1 Å². The van der Waals surface area contributed by atoms with E-state index in [0.717, 1.165) is 22.6 Å². The van der Waals surface area contributed by atoms with Crippen LogP contribution in [0.3, 0.4) is 0 Å². The van der Waals surface area contributed by atoms with E-state index in [4.69, 9.17) is 0 Å². The number of nitro groups is 1. The highest BCUT2D eigenvalue weighted by atomic mass is 32.2. The first-order valence-corrected chi connectivity index (χ1v) is 7.73. The Morgan fingerprint density at radius 2 is 1.85 bits per heavy atom. The average molecular weight is 313 g/mol. The molecule has 0 saturated carbocycles. The van der Waals surface area contributed by atoms with Crippen molar-refractivity contribution < 1.29 is 17.4 Å². The number of non-ortho nitro benzene ring substituents is 1. The first kappa shape index (κ1) is 14.4. The van der Waals surface area contributed by atoms with Gasteiger partial charge in [0.1, 0.15) is 11.5 Å². The Kier molecular flexibility index (Phi) is 3.73. The highest BCUT2D eigenvalue weighted by Crippen LogP contribution is 2.20. The predicted octanol–water partition coefficient (Wildman–Crippen LogP) is 2.09. The fourth-order valence-corrected chi connectivity index (χ4v) is 3.35. The molecule has 1 aromatic heterocycles. The first-order chi connectivity index (χ1) is 9.29. The number of sulfonamides is 1. The highest BCUT2D eigenvalue weighted by Gasteiger charge is 2.14. The highest BCUT2D eigenvalue weighted by molar-refractivity contribution is 7.93. The van der Waals surface area contributed by atoms with Crippen molar-refractivity contribution in [3.8, 4) is 0 Å². The summed E-state index contributed by atoms with van der Waals surface area (Å²) in [4.78, 5) is 14.5. The molecule has 1 heterocycles. The van der Waals surface area contributed by atoms with Crippen LogP contribution in [0.15, 0.2) is 35.4 Å². The lowest BCUT2D eigenvalue weighted by Crippen LogP contribution is -2.26. The first-order valence-electron chi connectivity index (χ1n) is 5.51. The minimum atomic E-state index is -3.88. The normalized spacial score (nSPS) is 11.3. The molecular weight excluding hydrogens is 302 g/mol. The van der Waals surface area contributed by atoms with Crippen LogP contribution in [0.25, 0.3) is 4.83 Å². The Morgan fingerprint density at radius 3 is 2.30 bits per heavy atom. The number of hydrogen-bond acceptors (Lipinski definition) is 5. The molecule has 0 aliphatic heterocycles. The summed E-state index contributed by atoms with van der Waals surface area (Å²) in [5, 5.41) is 10.5. The van der Waals surface area contributed by atoms with Crippen LogP contribution in [-0.4, -0.2) is 13.3 Å². The molecular formula is C11H11N3O4S2. The average Bonchev–Trinajstić information content (AvgIpc) is 2.67. The lowest BCUT2D eigenvalue weighted by molar-refractivity contribution is -0.539. The molecule has 2 rings (SSSR count). The maximum atomic E-state index is 12.1. The lowest BCUT2D eigenvalue weighted by Gasteiger charge is -2.11. The molecule has 2 aromatic rings. The molecule has 0 aliphatic carbocycles. The largest absolute Gasteiger partial charge is 0.303 e. The molecule has 7 nitrogen and oxygen atoms in total. The van der Waals surface area contributed by atoms with Gasteiger partial charge in [-0.2, -0.15) is 4.07 Å². The molecule has 0 radical (unpaired) electrons. The van der Waals surface area contributed by atoms with Gasteiger partial charge in [-0.25, -0.2) is 8.42 Å². The van der Waals surface area contributed by atoms with Crippen LogP contribution in [0, 0.1) is 24.0 Å². The summed E-state index contributed by atoms with van der Waals surface area (Å²) >= 11 is 1.21. The molecule has 20 heavy (non-hydrogen) atoms. The van der Waals surface area contributed by atoms with E-state index >= 15 is 0 Å². The zero-order valence-corrected chi connectivity index (χ0v) is 12.3. The van der Waals surface area contributed by atoms with Gasteiger partial charge < -0.3 is 4.83 Å². The van der Waals surface area contributed by atoms with Crippen molar-refractivity contribution in [2.75, 3.05) is 0 Å². The van der Waals surface area contributed by atoms with E-state index in [2.05, 4.69) is 4.83 Å². The quantitative estimate of drug-likeness (QED) is 0.490. The topological polar surface area (TPSA) is 95.3 Å². The number of nitrogens with zero attached hydrogens (tertiary/aromatic N) is 3. The second kappa shape index (κ2) is 5.17. The van der Waals surface area contributed by atoms with Crippen LogP contribution in [0.2, 0.25) is 0 Å². The molecule has 0 N–H and O–H groups in total. The third-order valence-electron chi connectivity index (χ3n) is 2.62. The zero-order valence-electron chi connectivity index (χ0n) is 10.7. The van der Waals surface area contributed by atoms with E-state index in [-0.39, 0.29) is 10.6 Å². The number of benzene rings is 1. The van der Waals surface area contributed by atoms with E-state index in [1.54, 1.807) is 6.20 Å². The van der Waals surface area contributed by atoms with Gasteiger partial charge in [0.2, 0.25) is 0 Å². The van der Waals surface area contributed by atoms with E-state index in [1.165, 1.54) is 27.7 Å². The van der Waals surface area contributed by atoms with Gasteiger partial charge in [-0.05, 0) is 26.0 Å². The maximum Gasteiger partial charge on any atom is 0.269 e. The SMILES string of the molecule is Cc1c[n+]([N-]S(=O)(=O)c2ccc([N+](=O)[O-])cc2)sc1C. The molecule has 0 aliphatic rings. The van der Waals surface area contributed by atoms with Crippen molar-refractivity contribution in [1.29, 1.82) is 0 Å². The summed E-state index contributed by atoms with van der Waals surface area (Å²) in [5.74, 6) is 0. The van der Waals surface area contributed by atoms with Crippen molar-refractivity contribution in [3.05, 3.63) is 55.8 Å². The number of rotatable bonds is 4. The summed E-state index contributed by atoms with van der Waals surface area (Å²) < 4.78 is 25.4. The summed E-state index contributed by atoms with van der Waals surface area (Å²) in [6, 6.07) is 4.62. The molecule has 0 spiro atoms. The second-order valence-corrected chi connectivity index (χ2v) is 6.82. The third kappa shape index (κ3) is 2.94. The van der Waals surface area contributed by atoms with Crippen LogP contribution in [0.5, 0.6) is 0 Å². The van der Waals surface area contributed by atoms with Crippen molar-refractivity contribution in [3.63, 3.8) is 0 Å². The predicted molar refractivity (Wildman–Crippen MR) is 73.0 cm³/mol. The van der Waals surface area contributed by atoms with Gasteiger partial charge >= 0.3 is 0 Å². The van der Waals surface area contributed by atoms with E-state index in [9.17, 15) is 18.5 Å². The molecule has 0 unspecified atom stereocenters. The molecule has 0 bridgehead atoms. The maximum absolute atomic E-state index is 12.1. The number of aryl methyl sites for hydroxylation is 2. The summed E-state index contributed by atoms with van der Waals surface area (Å²) in [6.45, 7) is 3.72. The summed E-state index contributed by atoms with van der Waals surface area (Å²) in [7, 11) is -3.88. The van der Waals surface area contributed by atoms with E-state index < -0.39 is 14.9 Å². The molecule has 0 amide bonds. The summed E-state index contributed by atoms with van der Waals surface area (Å²) in [5.41, 5.74) is 0.775. The Hall–Kier alpha value is -2.00. The molecule has 0 saturated heterocycles. The zero-order chi connectivity index (χ0) is 14.9. The van der Waals surface area contributed by atoms with Crippen LogP contribution in [-0.2, 0) is 10.0 Å². The van der Waals surface area contributed by atoms with Crippen molar-refractivity contribution in [2.24, 2.45) is 0 Å². The molecule has 0 atom stereocenters. The van der Waals surface area contributed by atoms with Crippen LogP contribution in [0.4, 0.5) is 5.69 Å². The Morgan fingerprint density at radius 1 is 1.25 bits per heavy atom. The number of nitro benzene ring substituents is 1. The Bertz CT molecular complexity index is 731. The second-order valence-electron chi connectivity index (χ2n) is 4.07. The van der Waals surface area contributed by atoms with Gasteiger partial charge in [-0.15, -0.1) is 0 Å². The van der Waals surface area contributed by atoms with Crippen LogP contribution in [0.1, 0.15) is 10.4 Å². The van der Waals surface area contributed by atoms with E-state index in [1.807, 2.05) is 13.8 Å². The monoisotopic (exact) mass is 313 g/mol. The Balaban J connectivity index is 2.28. The fraction of sp³-hybridized carbons (Fsp3) is 0.182. The third-order valence-corrected chi connectivity index (χ3v) is 4.96. The molecule has 9 heteroatoms. The molecule has 106 valence electrons. The Labute approximate surface area is 119 Å². The van der Waals surface area contributed by atoms with Gasteiger partial charge in [-0.1, -0.05) is 0 Å². The number of aromatic nitrogens is 1. The summed E-state index contributed by atoms with van der Waals surface area (Å²) in [6.07, 6.45) is 1.61. The van der Waals surface area contributed by atoms with Gasteiger partial charge in [0, 0.05) is 17.7 Å². The fourth-order valence-electron chi connectivity index (χ4n) is 1.43. The van der Waals surface area contributed by atoms with Crippen LogP contribution < -0.4 is 4.07 Å². The lowest BCUT2D eigenvalue weighted by atomic mass is 10.3. The van der Waals surface area contributed by atoms with E-state index in [0.29, 0.717) is 0 Å². The van der Waals surface area contributed by atoms with Crippen molar-refractivity contribution >= 4 is 27.2 Å². The van der Waals surface area contributed by atoms with Crippen LogP contribution >= 0.6 is 11.5 Å². The standard InChI is InChI=1S/C11H11N3O4S2/c1-8-7-13(19-9(8)2)12-20(17,18)11-5-3-10(4-6-11)14(15)16/h3-7H,1-2H3. The minimum absolute atomic E-state index is 0.0840.